The molecule has 1 N–H and O–H groups in total. The van der Waals surface area contributed by atoms with Gasteiger partial charge in [-0.05, 0) is 48.6 Å². The van der Waals surface area contributed by atoms with E-state index in [-0.39, 0.29) is 6.67 Å². The molecule has 1 saturated heterocycles. The van der Waals surface area contributed by atoms with E-state index in [2.05, 4.69) is 11.4 Å². The molecule has 3 aliphatic rings. The van der Waals surface area contributed by atoms with E-state index in [0.717, 1.165) is 22.8 Å². The molecule has 1 aromatic carbocycles. The monoisotopic (exact) mass is 412 g/mol. The van der Waals surface area contributed by atoms with Gasteiger partial charge in [0.15, 0.2) is 6.67 Å². The highest BCUT2D eigenvalue weighted by Gasteiger charge is 2.50. The van der Waals surface area contributed by atoms with Gasteiger partial charge in [0, 0.05) is 22.8 Å². The van der Waals surface area contributed by atoms with Crippen LogP contribution in [-0.2, 0) is 16.0 Å². The summed E-state index contributed by atoms with van der Waals surface area (Å²) in [5.41, 5.74) is 1.74. The summed E-state index contributed by atoms with van der Waals surface area (Å²) in [7, 11) is 1.54. The number of hydrogen-bond acceptors (Lipinski definition) is 5. The first-order valence-corrected chi connectivity index (χ1v) is 10.7. The number of quaternary nitrogens is 1. The summed E-state index contributed by atoms with van der Waals surface area (Å²) in [5.74, 6) is -0.327. The number of urea groups is 1. The number of nitrogens with zero attached hydrogens (tertiary/aromatic N) is 2. The number of hydrogen-bond donors (Lipinski definition) is 1. The molecule has 2 atom stereocenters. The number of amides is 4. The number of benzene rings is 1. The first kappa shape index (κ1) is 18.3. The lowest BCUT2D eigenvalue weighted by Gasteiger charge is -2.34. The number of fused-ring (bicyclic) bond motifs is 1. The number of carbonyl (C=O) groups is 3. The van der Waals surface area contributed by atoms with Crippen molar-refractivity contribution in [2.24, 2.45) is 5.92 Å². The van der Waals surface area contributed by atoms with E-state index < -0.39 is 17.8 Å². The zero-order valence-corrected chi connectivity index (χ0v) is 16.9. The molecular weight excluding hydrogens is 390 g/mol. The minimum Gasteiger partial charge on any atom is -0.497 e. The molecule has 7 nitrogen and oxygen atoms in total. The van der Waals surface area contributed by atoms with Gasteiger partial charge in [-0.15, -0.1) is 11.3 Å². The molecule has 1 saturated carbocycles. The third-order valence-corrected chi connectivity index (χ3v) is 7.06. The highest BCUT2D eigenvalue weighted by Crippen LogP contribution is 2.42. The fraction of sp³-hybridized carbons (Fsp3) is 0.381. The summed E-state index contributed by atoms with van der Waals surface area (Å²) in [6.07, 6.45) is 3.31. The second-order valence-corrected chi connectivity index (χ2v) is 8.79. The van der Waals surface area contributed by atoms with Crippen molar-refractivity contribution in [1.29, 1.82) is 0 Å². The van der Waals surface area contributed by atoms with Crippen LogP contribution in [0.2, 0.25) is 0 Å². The van der Waals surface area contributed by atoms with Crippen molar-refractivity contribution >= 4 is 34.9 Å². The Balaban J connectivity index is 1.39. The van der Waals surface area contributed by atoms with E-state index in [4.69, 9.17) is 4.74 Å². The number of thiophene rings is 1. The summed E-state index contributed by atoms with van der Waals surface area (Å²) in [6, 6.07) is 8.48. The van der Waals surface area contributed by atoms with Crippen molar-refractivity contribution in [3.05, 3.63) is 46.2 Å². The summed E-state index contributed by atoms with van der Waals surface area (Å²) in [6.45, 7) is 1.09. The van der Waals surface area contributed by atoms with Crippen molar-refractivity contribution in [3.8, 4) is 5.75 Å². The smallest absolute Gasteiger partial charge is 0.343 e. The molecule has 2 fully saturated rings. The predicted molar refractivity (Wildman–Crippen MR) is 107 cm³/mol. The molecule has 5 rings (SSSR count). The van der Waals surface area contributed by atoms with Crippen LogP contribution >= 0.6 is 11.3 Å². The molecule has 1 aliphatic carbocycles. The maximum Gasteiger partial charge on any atom is 0.343 e. The largest absolute Gasteiger partial charge is 0.497 e. The Hall–Kier alpha value is -2.71. The van der Waals surface area contributed by atoms with Crippen LogP contribution < -0.4 is 14.5 Å². The zero-order valence-electron chi connectivity index (χ0n) is 16.1. The van der Waals surface area contributed by atoms with E-state index in [1.807, 2.05) is 0 Å². The number of rotatable bonds is 5. The molecule has 2 aliphatic heterocycles. The minimum atomic E-state index is -0.796. The van der Waals surface area contributed by atoms with E-state index in [9.17, 15) is 14.4 Å². The maximum absolute atomic E-state index is 13.0. The molecule has 29 heavy (non-hydrogen) atoms. The van der Waals surface area contributed by atoms with Gasteiger partial charge >= 0.3 is 17.8 Å². The van der Waals surface area contributed by atoms with Gasteiger partial charge in [0.25, 0.3) is 0 Å². The van der Waals surface area contributed by atoms with Crippen molar-refractivity contribution in [1.82, 2.24) is 4.90 Å². The van der Waals surface area contributed by atoms with Crippen molar-refractivity contribution in [2.45, 2.75) is 25.3 Å². The molecule has 8 heteroatoms. The summed E-state index contributed by atoms with van der Waals surface area (Å²) in [4.78, 5) is 43.0. The summed E-state index contributed by atoms with van der Waals surface area (Å²) < 4.78 is 5.12. The van der Waals surface area contributed by atoms with Crippen LogP contribution in [0.25, 0.3) is 0 Å². The van der Waals surface area contributed by atoms with E-state index >= 15 is 0 Å². The van der Waals surface area contributed by atoms with Crippen LogP contribution in [0.15, 0.2) is 35.7 Å². The fourth-order valence-corrected chi connectivity index (χ4v) is 5.41. The Labute approximate surface area is 172 Å². The minimum absolute atomic E-state index is 0.229. The Bertz CT molecular complexity index is 982. The molecule has 0 bridgehead atoms. The molecule has 0 spiro atoms. The number of anilines is 1. The van der Waals surface area contributed by atoms with Gasteiger partial charge in [-0.3, -0.25) is 9.59 Å². The average molecular weight is 412 g/mol. The van der Waals surface area contributed by atoms with Crippen LogP contribution in [0.4, 0.5) is 10.5 Å². The third-order valence-electron chi connectivity index (χ3n) is 6.07. The van der Waals surface area contributed by atoms with Crippen LogP contribution in [0.5, 0.6) is 5.75 Å². The Morgan fingerprint density at radius 3 is 2.55 bits per heavy atom. The SMILES string of the molecule is COc1ccc(N2C(=O)C(=O)N(C[NH+]3CCc4sccc4[C@H]3C3CC3)C2=O)cc1. The van der Waals surface area contributed by atoms with Gasteiger partial charge in [-0.1, -0.05) is 0 Å². The lowest BCUT2D eigenvalue weighted by Crippen LogP contribution is -3.15. The van der Waals surface area contributed by atoms with Gasteiger partial charge in [-0.25, -0.2) is 14.6 Å². The second-order valence-electron chi connectivity index (χ2n) is 7.78. The molecule has 2 aromatic rings. The maximum atomic E-state index is 13.0. The standard InChI is InChI=1S/C21H21N3O4S/c1-28-15-6-4-14(5-7-15)24-20(26)19(25)23(21(24)27)12-22-10-8-17-16(9-11-29-17)18(22)13-2-3-13/h4-7,9,11,13,18H,2-3,8,10,12H2,1H3/p+1/t18-/m1/s1. The fourth-order valence-electron chi connectivity index (χ4n) is 4.48. The van der Waals surface area contributed by atoms with Gasteiger partial charge in [0.2, 0.25) is 0 Å². The van der Waals surface area contributed by atoms with Crippen molar-refractivity contribution in [2.75, 3.05) is 25.2 Å². The van der Waals surface area contributed by atoms with Crippen LogP contribution in [0.1, 0.15) is 29.3 Å². The van der Waals surface area contributed by atoms with Gasteiger partial charge in [0.1, 0.15) is 11.8 Å². The van der Waals surface area contributed by atoms with Crippen molar-refractivity contribution < 1.29 is 24.0 Å². The van der Waals surface area contributed by atoms with Crippen LogP contribution in [-0.4, -0.2) is 43.1 Å². The average Bonchev–Trinajstić information content (AvgIpc) is 3.42. The van der Waals surface area contributed by atoms with Gasteiger partial charge in [0.05, 0.1) is 19.3 Å². The summed E-state index contributed by atoms with van der Waals surface area (Å²) in [5, 5.41) is 2.13. The topological polar surface area (TPSA) is 71.4 Å². The molecule has 1 unspecified atom stereocenters. The number of ether oxygens (including phenoxy) is 1. The Morgan fingerprint density at radius 2 is 1.86 bits per heavy atom. The quantitative estimate of drug-likeness (QED) is 0.598. The summed E-state index contributed by atoms with van der Waals surface area (Å²) >= 11 is 1.79. The normalized spacial score (nSPS) is 24.2. The number of imide groups is 2. The zero-order chi connectivity index (χ0) is 20.1. The highest BCUT2D eigenvalue weighted by atomic mass is 32.1. The lowest BCUT2D eigenvalue weighted by molar-refractivity contribution is -0.943. The third kappa shape index (κ3) is 3.03. The Morgan fingerprint density at radius 1 is 1.10 bits per heavy atom. The Kier molecular flexibility index (Phi) is 4.40. The molecule has 0 radical (unpaired) electrons. The first-order chi connectivity index (χ1) is 14.1. The molecule has 1 aromatic heterocycles. The lowest BCUT2D eigenvalue weighted by atomic mass is 9.96. The van der Waals surface area contributed by atoms with Crippen molar-refractivity contribution in [3.63, 3.8) is 0 Å². The first-order valence-electron chi connectivity index (χ1n) is 9.83. The molecule has 4 amide bonds. The second kappa shape index (κ2) is 6.96. The van der Waals surface area contributed by atoms with Gasteiger partial charge in [-0.2, -0.15) is 0 Å². The molecule has 3 heterocycles. The van der Waals surface area contributed by atoms with E-state index in [0.29, 0.717) is 23.4 Å². The number of nitrogens with one attached hydrogen (secondary N) is 1. The molecule has 150 valence electrons. The predicted octanol–water partition coefficient (Wildman–Crippen LogP) is 1.60. The number of carbonyl (C=O) groups excluding carboxylic acids is 3. The molecular formula is C21H22N3O4S+. The van der Waals surface area contributed by atoms with Crippen LogP contribution in [0.3, 0.4) is 0 Å². The van der Waals surface area contributed by atoms with Gasteiger partial charge < -0.3 is 9.64 Å². The number of methoxy groups -OCH3 is 1. The van der Waals surface area contributed by atoms with E-state index in [1.54, 1.807) is 42.7 Å². The highest BCUT2D eigenvalue weighted by molar-refractivity contribution is 7.10. The van der Waals surface area contributed by atoms with Crippen LogP contribution in [0, 0.1) is 5.92 Å². The van der Waals surface area contributed by atoms with E-state index in [1.165, 1.54) is 28.2 Å².